The van der Waals surface area contributed by atoms with Crippen LogP contribution in [0.3, 0.4) is 0 Å². The summed E-state index contributed by atoms with van der Waals surface area (Å²) in [6.45, 7) is 8.17. The standard InChI is InChI=1S/C19H30N4.HI/c1-3-20-18(22-14-17-16(2)8-7-12-21-17)23-13-11-19(15-23)9-5-4-6-10-19;/h7-8,12H,3-6,9-11,13-15H2,1-2H3,(H,20,22);1H. The zero-order chi connectivity index (χ0) is 16.1. The van der Waals surface area contributed by atoms with Gasteiger partial charge in [-0.3, -0.25) is 4.98 Å². The smallest absolute Gasteiger partial charge is 0.194 e. The quantitative estimate of drug-likeness (QED) is 0.435. The molecule has 24 heavy (non-hydrogen) atoms. The Kier molecular flexibility index (Phi) is 7.32. The molecule has 1 saturated heterocycles. The van der Waals surface area contributed by atoms with Gasteiger partial charge in [-0.15, -0.1) is 24.0 Å². The first-order valence-corrected chi connectivity index (χ1v) is 9.16. The van der Waals surface area contributed by atoms with E-state index >= 15 is 0 Å². The number of hydrogen-bond acceptors (Lipinski definition) is 2. The molecule has 134 valence electrons. The van der Waals surface area contributed by atoms with Gasteiger partial charge in [-0.25, -0.2) is 4.99 Å². The Labute approximate surface area is 163 Å². The molecular formula is C19H31IN4. The lowest BCUT2D eigenvalue weighted by atomic mass is 9.73. The summed E-state index contributed by atoms with van der Waals surface area (Å²) in [7, 11) is 0. The fraction of sp³-hybridized carbons (Fsp3) is 0.684. The van der Waals surface area contributed by atoms with Gasteiger partial charge in [-0.2, -0.15) is 0 Å². The van der Waals surface area contributed by atoms with E-state index in [-0.39, 0.29) is 24.0 Å². The van der Waals surface area contributed by atoms with E-state index in [0.29, 0.717) is 12.0 Å². The Balaban J connectivity index is 0.00000208. The maximum Gasteiger partial charge on any atom is 0.194 e. The maximum atomic E-state index is 4.87. The number of pyridine rings is 1. The van der Waals surface area contributed by atoms with Gasteiger partial charge in [0.05, 0.1) is 12.2 Å². The number of likely N-dealkylation sites (tertiary alicyclic amines) is 1. The van der Waals surface area contributed by atoms with Crippen LogP contribution in [0.4, 0.5) is 0 Å². The van der Waals surface area contributed by atoms with E-state index < -0.39 is 0 Å². The largest absolute Gasteiger partial charge is 0.357 e. The van der Waals surface area contributed by atoms with Gasteiger partial charge in [0.1, 0.15) is 0 Å². The number of nitrogens with zero attached hydrogens (tertiary/aromatic N) is 3. The van der Waals surface area contributed by atoms with Crippen LogP contribution in [-0.2, 0) is 6.54 Å². The second-order valence-electron chi connectivity index (χ2n) is 7.17. The molecule has 1 spiro atoms. The van der Waals surface area contributed by atoms with Crippen LogP contribution in [0.25, 0.3) is 0 Å². The van der Waals surface area contributed by atoms with Crippen molar-refractivity contribution in [3.8, 4) is 0 Å². The summed E-state index contributed by atoms with van der Waals surface area (Å²) < 4.78 is 0. The van der Waals surface area contributed by atoms with Gasteiger partial charge < -0.3 is 10.2 Å². The van der Waals surface area contributed by atoms with E-state index in [1.165, 1.54) is 50.6 Å². The molecule has 2 fully saturated rings. The molecule has 1 aromatic rings. The third kappa shape index (κ3) is 4.61. The SMILES string of the molecule is CCNC(=NCc1ncccc1C)N1CCC2(CCCCC2)C1.I. The first-order valence-electron chi connectivity index (χ1n) is 9.16. The van der Waals surface area contributed by atoms with E-state index in [2.05, 4.69) is 35.1 Å². The van der Waals surface area contributed by atoms with Gasteiger partial charge in [0.25, 0.3) is 0 Å². The minimum absolute atomic E-state index is 0. The van der Waals surface area contributed by atoms with Gasteiger partial charge in [0.15, 0.2) is 5.96 Å². The molecule has 4 nitrogen and oxygen atoms in total. The highest BCUT2D eigenvalue weighted by molar-refractivity contribution is 14.0. The Morgan fingerprint density at radius 1 is 1.29 bits per heavy atom. The van der Waals surface area contributed by atoms with Crippen LogP contribution in [0.2, 0.25) is 0 Å². The van der Waals surface area contributed by atoms with Crippen LogP contribution in [0.5, 0.6) is 0 Å². The number of aryl methyl sites for hydroxylation is 1. The number of aromatic nitrogens is 1. The van der Waals surface area contributed by atoms with E-state index in [4.69, 9.17) is 4.99 Å². The molecule has 2 heterocycles. The Bertz CT molecular complexity index is 552. The molecule has 1 N–H and O–H groups in total. The fourth-order valence-corrected chi connectivity index (χ4v) is 4.09. The van der Waals surface area contributed by atoms with Gasteiger partial charge in [-0.1, -0.05) is 25.3 Å². The predicted molar refractivity (Wildman–Crippen MR) is 111 cm³/mol. The highest BCUT2D eigenvalue weighted by Crippen LogP contribution is 2.43. The summed E-state index contributed by atoms with van der Waals surface area (Å²) in [6.07, 6.45) is 10.3. The molecule has 0 unspecified atom stereocenters. The first-order chi connectivity index (χ1) is 11.2. The fourth-order valence-electron chi connectivity index (χ4n) is 4.09. The summed E-state index contributed by atoms with van der Waals surface area (Å²) >= 11 is 0. The molecule has 1 aliphatic heterocycles. The second kappa shape index (κ2) is 9.02. The Morgan fingerprint density at radius 2 is 2.08 bits per heavy atom. The maximum absolute atomic E-state index is 4.87. The van der Waals surface area contributed by atoms with Crippen molar-refractivity contribution >= 4 is 29.9 Å². The third-order valence-corrected chi connectivity index (χ3v) is 5.48. The zero-order valence-corrected chi connectivity index (χ0v) is 17.4. The van der Waals surface area contributed by atoms with Crippen molar-refractivity contribution in [1.29, 1.82) is 0 Å². The molecule has 0 atom stereocenters. The summed E-state index contributed by atoms with van der Waals surface area (Å²) in [5.41, 5.74) is 2.86. The van der Waals surface area contributed by atoms with Crippen LogP contribution in [0.1, 0.15) is 56.7 Å². The van der Waals surface area contributed by atoms with Crippen molar-refractivity contribution in [2.24, 2.45) is 10.4 Å². The Hall–Kier alpha value is -0.850. The molecule has 3 rings (SSSR count). The first kappa shape index (κ1) is 19.5. The number of halogens is 1. The minimum atomic E-state index is 0. The van der Waals surface area contributed by atoms with Crippen LogP contribution in [0.15, 0.2) is 23.3 Å². The molecule has 1 saturated carbocycles. The zero-order valence-electron chi connectivity index (χ0n) is 15.1. The van der Waals surface area contributed by atoms with Crippen LogP contribution >= 0.6 is 24.0 Å². The number of aliphatic imine (C=N–C) groups is 1. The van der Waals surface area contributed by atoms with E-state index in [1.54, 1.807) is 0 Å². The second-order valence-corrected chi connectivity index (χ2v) is 7.17. The highest BCUT2D eigenvalue weighted by atomic mass is 127. The van der Waals surface area contributed by atoms with E-state index in [1.807, 2.05) is 12.3 Å². The third-order valence-electron chi connectivity index (χ3n) is 5.48. The highest BCUT2D eigenvalue weighted by Gasteiger charge is 2.39. The van der Waals surface area contributed by atoms with Crippen molar-refractivity contribution in [2.45, 2.75) is 58.9 Å². The molecule has 1 aliphatic carbocycles. The molecule has 0 radical (unpaired) electrons. The average Bonchev–Trinajstić information content (AvgIpc) is 2.97. The molecule has 0 amide bonds. The van der Waals surface area contributed by atoms with Crippen molar-refractivity contribution < 1.29 is 0 Å². The van der Waals surface area contributed by atoms with Crippen molar-refractivity contribution in [3.63, 3.8) is 0 Å². The van der Waals surface area contributed by atoms with Crippen LogP contribution < -0.4 is 5.32 Å². The van der Waals surface area contributed by atoms with Gasteiger partial charge in [0.2, 0.25) is 0 Å². The molecule has 0 bridgehead atoms. The summed E-state index contributed by atoms with van der Waals surface area (Å²) in [5, 5.41) is 3.48. The van der Waals surface area contributed by atoms with Crippen LogP contribution in [-0.4, -0.2) is 35.5 Å². The lowest BCUT2D eigenvalue weighted by molar-refractivity contribution is 0.203. The van der Waals surface area contributed by atoms with Gasteiger partial charge in [-0.05, 0) is 50.2 Å². The number of hydrogen-bond donors (Lipinski definition) is 1. The molecule has 5 heteroatoms. The lowest BCUT2D eigenvalue weighted by Gasteiger charge is -2.33. The van der Waals surface area contributed by atoms with Crippen molar-refractivity contribution in [3.05, 3.63) is 29.6 Å². The van der Waals surface area contributed by atoms with Crippen LogP contribution in [0, 0.1) is 12.3 Å². The summed E-state index contributed by atoms with van der Waals surface area (Å²) in [6, 6.07) is 4.10. The molecule has 0 aromatic carbocycles. The monoisotopic (exact) mass is 442 g/mol. The van der Waals surface area contributed by atoms with Crippen molar-refractivity contribution in [2.75, 3.05) is 19.6 Å². The normalized spacial score (nSPS) is 20.1. The number of guanidine groups is 1. The van der Waals surface area contributed by atoms with Gasteiger partial charge >= 0.3 is 0 Å². The molecule has 2 aliphatic rings. The number of rotatable bonds is 3. The lowest BCUT2D eigenvalue weighted by Crippen LogP contribution is -2.41. The predicted octanol–water partition coefficient (Wildman–Crippen LogP) is 4.13. The molecule has 1 aromatic heterocycles. The topological polar surface area (TPSA) is 40.5 Å². The minimum Gasteiger partial charge on any atom is -0.357 e. The van der Waals surface area contributed by atoms with E-state index in [9.17, 15) is 0 Å². The van der Waals surface area contributed by atoms with E-state index in [0.717, 1.165) is 24.7 Å². The Morgan fingerprint density at radius 3 is 2.79 bits per heavy atom. The molecular weight excluding hydrogens is 411 g/mol. The summed E-state index contributed by atoms with van der Waals surface area (Å²) in [5.74, 6) is 1.07. The summed E-state index contributed by atoms with van der Waals surface area (Å²) in [4.78, 5) is 11.8. The van der Waals surface area contributed by atoms with Crippen molar-refractivity contribution in [1.82, 2.24) is 15.2 Å². The number of nitrogens with one attached hydrogen (secondary N) is 1. The van der Waals surface area contributed by atoms with Gasteiger partial charge in [0, 0.05) is 25.8 Å². The average molecular weight is 442 g/mol.